The van der Waals surface area contributed by atoms with Crippen molar-refractivity contribution in [3.8, 4) is 0 Å². The van der Waals surface area contributed by atoms with E-state index in [9.17, 15) is 4.39 Å². The fourth-order valence-electron chi connectivity index (χ4n) is 2.85. The van der Waals surface area contributed by atoms with Crippen molar-refractivity contribution in [1.29, 1.82) is 0 Å². The number of benzene rings is 1. The molecule has 0 saturated carbocycles. The lowest BCUT2D eigenvalue weighted by Crippen LogP contribution is -2.35. The molecule has 0 radical (unpaired) electrons. The molecule has 0 amide bonds. The van der Waals surface area contributed by atoms with Crippen molar-refractivity contribution in [1.82, 2.24) is 4.90 Å². The number of hydrogen-bond donors (Lipinski definition) is 0. The van der Waals surface area contributed by atoms with Gasteiger partial charge in [0.1, 0.15) is 5.82 Å². The van der Waals surface area contributed by atoms with Crippen LogP contribution in [-0.2, 0) is 0 Å². The summed E-state index contributed by atoms with van der Waals surface area (Å²) in [6, 6.07) is 5.79. The minimum absolute atomic E-state index is 0.0597. The standard InChI is InChI=1S/C17H26FN/c1-12(2)15-5-6-17(18)16(11-15)14(4)19-9-7-13(3)8-10-19/h5-6,11-14H,7-10H2,1-4H3. The van der Waals surface area contributed by atoms with Gasteiger partial charge in [0, 0.05) is 11.6 Å². The highest BCUT2D eigenvalue weighted by Gasteiger charge is 2.23. The van der Waals surface area contributed by atoms with E-state index >= 15 is 0 Å². The summed E-state index contributed by atoms with van der Waals surface area (Å²) < 4.78 is 14.1. The second kappa shape index (κ2) is 6.04. The van der Waals surface area contributed by atoms with Gasteiger partial charge in [0.15, 0.2) is 0 Å². The Bertz CT molecular complexity index is 419. The first-order valence-corrected chi connectivity index (χ1v) is 7.52. The lowest BCUT2D eigenvalue weighted by molar-refractivity contribution is 0.145. The molecule has 1 aliphatic rings. The molecule has 0 aliphatic carbocycles. The summed E-state index contributed by atoms with van der Waals surface area (Å²) in [5.74, 6) is 1.21. The molecule has 1 nitrogen and oxygen atoms in total. The van der Waals surface area contributed by atoms with Gasteiger partial charge in [-0.1, -0.05) is 32.9 Å². The molecule has 106 valence electrons. The largest absolute Gasteiger partial charge is 0.296 e. The zero-order valence-electron chi connectivity index (χ0n) is 12.6. The molecule has 1 saturated heterocycles. The average molecular weight is 263 g/mol. The highest BCUT2D eigenvalue weighted by molar-refractivity contribution is 5.29. The fourth-order valence-corrected chi connectivity index (χ4v) is 2.85. The van der Waals surface area contributed by atoms with Crippen LogP contribution in [0.4, 0.5) is 4.39 Å². The predicted molar refractivity (Wildman–Crippen MR) is 78.9 cm³/mol. The molecule has 1 aliphatic heterocycles. The molecular weight excluding hydrogens is 237 g/mol. The van der Waals surface area contributed by atoms with Crippen molar-refractivity contribution in [2.24, 2.45) is 5.92 Å². The van der Waals surface area contributed by atoms with Crippen LogP contribution in [-0.4, -0.2) is 18.0 Å². The van der Waals surface area contributed by atoms with Gasteiger partial charge in [-0.05, 0) is 56.3 Å². The number of halogens is 1. The van der Waals surface area contributed by atoms with Gasteiger partial charge >= 0.3 is 0 Å². The number of hydrogen-bond acceptors (Lipinski definition) is 1. The van der Waals surface area contributed by atoms with E-state index < -0.39 is 0 Å². The van der Waals surface area contributed by atoms with Crippen molar-refractivity contribution >= 4 is 0 Å². The van der Waals surface area contributed by atoms with Crippen molar-refractivity contribution in [2.45, 2.75) is 52.5 Å². The van der Waals surface area contributed by atoms with Gasteiger partial charge in [-0.3, -0.25) is 4.90 Å². The third-order valence-electron chi connectivity index (χ3n) is 4.50. The monoisotopic (exact) mass is 263 g/mol. The highest BCUT2D eigenvalue weighted by Crippen LogP contribution is 2.29. The molecule has 1 heterocycles. The Morgan fingerprint density at radius 2 is 1.79 bits per heavy atom. The molecule has 1 unspecified atom stereocenters. The number of piperidine rings is 1. The summed E-state index contributed by atoms with van der Waals surface area (Å²) in [6.45, 7) is 10.9. The SMILES string of the molecule is CC1CCN(C(C)c2cc(C(C)C)ccc2F)CC1. The Hall–Kier alpha value is -0.890. The van der Waals surface area contributed by atoms with Crippen molar-refractivity contribution < 1.29 is 4.39 Å². The van der Waals surface area contributed by atoms with E-state index in [0.29, 0.717) is 5.92 Å². The summed E-state index contributed by atoms with van der Waals surface area (Å²) in [7, 11) is 0. The molecule has 0 N–H and O–H groups in total. The van der Waals surface area contributed by atoms with E-state index in [1.165, 1.54) is 18.4 Å². The van der Waals surface area contributed by atoms with Crippen LogP contribution in [0.25, 0.3) is 0 Å². The molecular formula is C17H26FN. The third kappa shape index (κ3) is 3.36. The molecule has 2 rings (SSSR count). The summed E-state index contributed by atoms with van der Waals surface area (Å²) in [6.07, 6.45) is 2.46. The molecule has 1 aromatic rings. The van der Waals surface area contributed by atoms with E-state index in [1.54, 1.807) is 6.07 Å². The number of rotatable bonds is 3. The van der Waals surface area contributed by atoms with Crippen LogP contribution < -0.4 is 0 Å². The number of likely N-dealkylation sites (tertiary alicyclic amines) is 1. The Balaban J connectivity index is 2.18. The van der Waals surface area contributed by atoms with Crippen LogP contribution in [0.2, 0.25) is 0 Å². The second-order valence-electron chi connectivity index (χ2n) is 6.33. The summed E-state index contributed by atoms with van der Waals surface area (Å²) in [4.78, 5) is 2.42. The van der Waals surface area contributed by atoms with Crippen molar-refractivity contribution in [2.75, 3.05) is 13.1 Å². The lowest BCUT2D eigenvalue weighted by atomic mass is 9.94. The predicted octanol–water partition coefficient (Wildman–Crippen LogP) is 4.74. The molecule has 1 fully saturated rings. The van der Waals surface area contributed by atoms with Crippen LogP contribution in [0.3, 0.4) is 0 Å². The summed E-state index contributed by atoms with van der Waals surface area (Å²) in [5.41, 5.74) is 2.09. The minimum atomic E-state index is -0.0597. The van der Waals surface area contributed by atoms with E-state index in [4.69, 9.17) is 0 Å². The first kappa shape index (κ1) is 14.5. The van der Waals surface area contributed by atoms with Gasteiger partial charge in [-0.25, -0.2) is 4.39 Å². The normalized spacial score (nSPS) is 19.9. The van der Waals surface area contributed by atoms with Gasteiger partial charge in [0.2, 0.25) is 0 Å². The van der Waals surface area contributed by atoms with Crippen LogP contribution in [0.5, 0.6) is 0 Å². The molecule has 1 atom stereocenters. The molecule has 2 heteroatoms. The minimum Gasteiger partial charge on any atom is -0.296 e. The van der Waals surface area contributed by atoms with E-state index in [2.05, 4.69) is 38.7 Å². The smallest absolute Gasteiger partial charge is 0.127 e. The van der Waals surface area contributed by atoms with Gasteiger partial charge in [0.05, 0.1) is 0 Å². The van der Waals surface area contributed by atoms with Crippen LogP contribution >= 0.6 is 0 Å². The molecule has 19 heavy (non-hydrogen) atoms. The molecule has 0 bridgehead atoms. The lowest BCUT2D eigenvalue weighted by Gasteiger charge is -2.35. The Kier molecular flexibility index (Phi) is 4.62. The third-order valence-corrected chi connectivity index (χ3v) is 4.50. The zero-order valence-corrected chi connectivity index (χ0v) is 12.6. The topological polar surface area (TPSA) is 3.24 Å². The highest BCUT2D eigenvalue weighted by atomic mass is 19.1. The Morgan fingerprint density at radius 1 is 1.16 bits per heavy atom. The van der Waals surface area contributed by atoms with Crippen molar-refractivity contribution in [3.63, 3.8) is 0 Å². The van der Waals surface area contributed by atoms with Gasteiger partial charge in [-0.15, -0.1) is 0 Å². The fraction of sp³-hybridized carbons (Fsp3) is 0.647. The van der Waals surface area contributed by atoms with Crippen LogP contribution in [0.15, 0.2) is 18.2 Å². The maximum Gasteiger partial charge on any atom is 0.127 e. The first-order valence-electron chi connectivity index (χ1n) is 7.52. The first-order chi connectivity index (χ1) is 8.99. The van der Waals surface area contributed by atoms with Gasteiger partial charge < -0.3 is 0 Å². The van der Waals surface area contributed by atoms with Gasteiger partial charge in [0.25, 0.3) is 0 Å². The molecule has 1 aromatic carbocycles. The maximum atomic E-state index is 14.1. The zero-order chi connectivity index (χ0) is 14.0. The van der Waals surface area contributed by atoms with Gasteiger partial charge in [-0.2, -0.15) is 0 Å². The summed E-state index contributed by atoms with van der Waals surface area (Å²) >= 11 is 0. The quantitative estimate of drug-likeness (QED) is 0.761. The Morgan fingerprint density at radius 3 is 2.37 bits per heavy atom. The van der Waals surface area contributed by atoms with E-state index in [0.717, 1.165) is 24.6 Å². The maximum absolute atomic E-state index is 14.1. The molecule has 0 spiro atoms. The van der Waals surface area contributed by atoms with Crippen LogP contribution in [0, 0.1) is 11.7 Å². The second-order valence-corrected chi connectivity index (χ2v) is 6.33. The number of nitrogens with zero attached hydrogens (tertiary/aromatic N) is 1. The van der Waals surface area contributed by atoms with E-state index in [1.807, 2.05) is 6.07 Å². The average Bonchev–Trinajstić information content (AvgIpc) is 2.39. The summed E-state index contributed by atoms with van der Waals surface area (Å²) in [5, 5.41) is 0. The Labute approximate surface area is 116 Å². The van der Waals surface area contributed by atoms with E-state index in [-0.39, 0.29) is 11.9 Å². The van der Waals surface area contributed by atoms with Crippen LogP contribution in [0.1, 0.15) is 63.6 Å². The van der Waals surface area contributed by atoms with Crippen molar-refractivity contribution in [3.05, 3.63) is 35.1 Å². The molecule has 0 aromatic heterocycles.